The molecule has 6 nitrogen and oxygen atoms in total. The van der Waals surface area contributed by atoms with Gasteiger partial charge in [-0.3, -0.25) is 4.79 Å². The summed E-state index contributed by atoms with van der Waals surface area (Å²) < 4.78 is 5.37. The van der Waals surface area contributed by atoms with Gasteiger partial charge in [0.05, 0.1) is 5.56 Å². The van der Waals surface area contributed by atoms with E-state index in [2.05, 4.69) is 15.5 Å². The van der Waals surface area contributed by atoms with E-state index in [-0.39, 0.29) is 17.2 Å². The van der Waals surface area contributed by atoms with Gasteiger partial charge in [-0.05, 0) is 42.8 Å². The molecule has 0 saturated heterocycles. The second-order valence-electron chi connectivity index (χ2n) is 5.18. The summed E-state index contributed by atoms with van der Waals surface area (Å²) in [7, 11) is 0. The number of anilines is 1. The first-order valence-corrected chi connectivity index (χ1v) is 7.04. The number of nitrogens with zero attached hydrogens (tertiary/aromatic N) is 2. The van der Waals surface area contributed by atoms with Crippen LogP contribution in [0.15, 0.2) is 46.9 Å². The average molecular weight is 309 g/mol. The molecule has 3 aromatic rings. The number of carbonyl (C=O) groups is 1. The van der Waals surface area contributed by atoms with Gasteiger partial charge in [-0.25, -0.2) is 0 Å². The van der Waals surface area contributed by atoms with Gasteiger partial charge in [0.15, 0.2) is 0 Å². The summed E-state index contributed by atoms with van der Waals surface area (Å²) in [6.07, 6.45) is 0. The summed E-state index contributed by atoms with van der Waals surface area (Å²) in [4.78, 5) is 12.3. The lowest BCUT2D eigenvalue weighted by Crippen LogP contribution is -2.12. The number of hydrogen-bond donors (Lipinski definition) is 2. The van der Waals surface area contributed by atoms with Crippen LogP contribution in [0.1, 0.15) is 21.8 Å². The highest BCUT2D eigenvalue weighted by atomic mass is 16.4. The summed E-state index contributed by atoms with van der Waals surface area (Å²) in [5, 5.41) is 20.4. The van der Waals surface area contributed by atoms with Crippen molar-refractivity contribution in [2.45, 2.75) is 13.8 Å². The zero-order valence-corrected chi connectivity index (χ0v) is 12.7. The molecule has 1 amide bonds. The fourth-order valence-electron chi connectivity index (χ4n) is 2.18. The van der Waals surface area contributed by atoms with E-state index in [1.165, 1.54) is 0 Å². The summed E-state index contributed by atoms with van der Waals surface area (Å²) in [6, 6.07) is 12.0. The van der Waals surface area contributed by atoms with Gasteiger partial charge in [-0.1, -0.05) is 12.1 Å². The summed E-state index contributed by atoms with van der Waals surface area (Å²) in [6.45, 7) is 3.56. The van der Waals surface area contributed by atoms with Crippen molar-refractivity contribution in [3.63, 3.8) is 0 Å². The van der Waals surface area contributed by atoms with E-state index in [1.54, 1.807) is 43.3 Å². The first-order chi connectivity index (χ1) is 11.0. The van der Waals surface area contributed by atoms with Gasteiger partial charge in [0.2, 0.25) is 11.8 Å². The summed E-state index contributed by atoms with van der Waals surface area (Å²) in [5.74, 6) is 0.420. The molecule has 0 aliphatic rings. The van der Waals surface area contributed by atoms with Crippen LogP contribution >= 0.6 is 0 Å². The Labute approximate surface area is 132 Å². The van der Waals surface area contributed by atoms with Crippen LogP contribution in [-0.4, -0.2) is 21.2 Å². The van der Waals surface area contributed by atoms with Gasteiger partial charge in [0.25, 0.3) is 5.91 Å². The number of carbonyl (C=O) groups excluding carboxylic acids is 1. The fourth-order valence-corrected chi connectivity index (χ4v) is 2.18. The molecule has 0 radical (unpaired) electrons. The Morgan fingerprint density at radius 1 is 1.13 bits per heavy atom. The minimum absolute atomic E-state index is 0.0498. The second kappa shape index (κ2) is 5.92. The normalized spacial score (nSPS) is 10.5. The Morgan fingerprint density at radius 2 is 1.96 bits per heavy atom. The van der Waals surface area contributed by atoms with E-state index in [0.717, 1.165) is 5.56 Å². The van der Waals surface area contributed by atoms with Gasteiger partial charge in [-0.15, -0.1) is 10.2 Å². The van der Waals surface area contributed by atoms with E-state index in [4.69, 9.17) is 4.42 Å². The minimum atomic E-state index is -0.388. The van der Waals surface area contributed by atoms with Crippen LogP contribution in [0, 0.1) is 13.8 Å². The van der Waals surface area contributed by atoms with Crippen LogP contribution in [0.25, 0.3) is 11.5 Å². The monoisotopic (exact) mass is 309 g/mol. The molecule has 3 rings (SSSR count). The van der Waals surface area contributed by atoms with Crippen LogP contribution < -0.4 is 5.32 Å². The Morgan fingerprint density at radius 3 is 2.65 bits per heavy atom. The van der Waals surface area contributed by atoms with Crippen molar-refractivity contribution < 1.29 is 14.3 Å². The number of phenols is 1. The van der Waals surface area contributed by atoms with Crippen molar-refractivity contribution in [2.75, 3.05) is 5.32 Å². The minimum Gasteiger partial charge on any atom is -0.507 e. The average Bonchev–Trinajstić information content (AvgIpc) is 2.94. The van der Waals surface area contributed by atoms with Crippen molar-refractivity contribution >= 4 is 11.6 Å². The van der Waals surface area contributed by atoms with Crippen molar-refractivity contribution in [3.05, 3.63) is 59.5 Å². The Balaban J connectivity index is 1.84. The fraction of sp³-hybridized carbons (Fsp3) is 0.118. The first-order valence-electron chi connectivity index (χ1n) is 7.04. The Bertz CT molecular complexity index is 871. The zero-order chi connectivity index (χ0) is 16.4. The SMILES string of the molecule is Cc1ccc(C(=O)Nc2cccc(-c3nnc(C)o3)c2)c(O)c1. The topological polar surface area (TPSA) is 88.3 Å². The molecule has 0 aliphatic carbocycles. The largest absolute Gasteiger partial charge is 0.507 e. The van der Waals surface area contributed by atoms with Crippen molar-refractivity contribution in [1.82, 2.24) is 10.2 Å². The second-order valence-corrected chi connectivity index (χ2v) is 5.18. The molecule has 1 heterocycles. The summed E-state index contributed by atoms with van der Waals surface area (Å²) >= 11 is 0. The van der Waals surface area contributed by atoms with E-state index in [0.29, 0.717) is 23.0 Å². The highest BCUT2D eigenvalue weighted by Crippen LogP contribution is 2.23. The van der Waals surface area contributed by atoms with Gasteiger partial charge in [-0.2, -0.15) is 0 Å². The van der Waals surface area contributed by atoms with Crippen molar-refractivity contribution in [1.29, 1.82) is 0 Å². The van der Waals surface area contributed by atoms with Crippen molar-refractivity contribution in [2.24, 2.45) is 0 Å². The molecule has 1 aromatic heterocycles. The van der Waals surface area contributed by atoms with Gasteiger partial charge in [0, 0.05) is 18.2 Å². The van der Waals surface area contributed by atoms with Crippen LogP contribution in [-0.2, 0) is 0 Å². The molecule has 0 fully saturated rings. The Hall–Kier alpha value is -3.15. The molecule has 2 N–H and O–H groups in total. The highest BCUT2D eigenvalue weighted by Gasteiger charge is 2.12. The van der Waals surface area contributed by atoms with Gasteiger partial charge >= 0.3 is 0 Å². The van der Waals surface area contributed by atoms with E-state index in [9.17, 15) is 9.90 Å². The number of hydrogen-bond acceptors (Lipinski definition) is 5. The number of phenolic OH excluding ortho intramolecular Hbond substituents is 1. The zero-order valence-electron chi connectivity index (χ0n) is 12.7. The third-order valence-corrected chi connectivity index (χ3v) is 3.29. The molecule has 0 saturated carbocycles. The van der Waals surface area contributed by atoms with Crippen LogP contribution in [0.3, 0.4) is 0 Å². The van der Waals surface area contributed by atoms with Crippen molar-refractivity contribution in [3.8, 4) is 17.2 Å². The molecular formula is C17H15N3O3. The third-order valence-electron chi connectivity index (χ3n) is 3.29. The van der Waals surface area contributed by atoms with Crippen LogP contribution in [0.2, 0.25) is 0 Å². The number of aromatic hydroxyl groups is 1. The predicted molar refractivity (Wildman–Crippen MR) is 85.3 cm³/mol. The van der Waals surface area contributed by atoms with Gasteiger partial charge in [0.1, 0.15) is 5.75 Å². The number of aromatic nitrogens is 2. The Kier molecular flexibility index (Phi) is 3.80. The maximum absolute atomic E-state index is 12.3. The molecule has 0 unspecified atom stereocenters. The standard InChI is InChI=1S/C17H15N3O3/c1-10-6-7-14(15(21)8-10)16(22)18-13-5-3-4-12(9-13)17-20-19-11(2)23-17/h3-9,21H,1-2H3,(H,18,22). The number of rotatable bonds is 3. The predicted octanol–water partition coefficient (Wildman–Crippen LogP) is 3.31. The molecule has 23 heavy (non-hydrogen) atoms. The molecule has 0 aliphatic heterocycles. The lowest BCUT2D eigenvalue weighted by Gasteiger charge is -2.08. The molecule has 0 bridgehead atoms. The molecule has 0 atom stereocenters. The third kappa shape index (κ3) is 3.21. The van der Waals surface area contributed by atoms with Crippen LogP contribution in [0.5, 0.6) is 5.75 Å². The summed E-state index contributed by atoms with van der Waals surface area (Å²) in [5.41, 5.74) is 2.38. The number of nitrogens with one attached hydrogen (secondary N) is 1. The molecule has 6 heteroatoms. The highest BCUT2D eigenvalue weighted by molar-refractivity contribution is 6.06. The number of aryl methyl sites for hydroxylation is 2. The maximum Gasteiger partial charge on any atom is 0.259 e. The number of benzene rings is 2. The quantitative estimate of drug-likeness (QED) is 0.775. The lowest BCUT2D eigenvalue weighted by molar-refractivity contribution is 0.102. The van der Waals surface area contributed by atoms with E-state index in [1.807, 2.05) is 13.0 Å². The molecule has 2 aromatic carbocycles. The molecule has 116 valence electrons. The van der Waals surface area contributed by atoms with Crippen LogP contribution in [0.4, 0.5) is 5.69 Å². The van der Waals surface area contributed by atoms with E-state index < -0.39 is 0 Å². The number of amides is 1. The maximum atomic E-state index is 12.3. The van der Waals surface area contributed by atoms with Gasteiger partial charge < -0.3 is 14.8 Å². The lowest BCUT2D eigenvalue weighted by atomic mass is 10.1. The molecular weight excluding hydrogens is 294 g/mol. The molecule has 0 spiro atoms. The first kappa shape index (κ1) is 14.8. The smallest absolute Gasteiger partial charge is 0.259 e. The van der Waals surface area contributed by atoms with E-state index >= 15 is 0 Å².